The van der Waals surface area contributed by atoms with Crippen molar-refractivity contribution in [3.8, 4) is 0 Å². The lowest BCUT2D eigenvalue weighted by atomic mass is 9.91. The zero-order chi connectivity index (χ0) is 12.1. The number of hydrogen-bond donors (Lipinski definition) is 2. The Morgan fingerprint density at radius 3 is 2.56 bits per heavy atom. The Kier molecular flexibility index (Phi) is 4.97. The maximum atomic E-state index is 5.68. The lowest BCUT2D eigenvalue weighted by Gasteiger charge is -2.22. The molecule has 0 saturated heterocycles. The smallest absolute Gasteiger partial charge is 0.0465 e. The van der Waals surface area contributed by atoms with Gasteiger partial charge in [0.1, 0.15) is 0 Å². The summed E-state index contributed by atoms with van der Waals surface area (Å²) < 4.78 is 0. The molecule has 90 valence electrons. The molecule has 16 heavy (non-hydrogen) atoms. The molecule has 2 unspecified atom stereocenters. The van der Waals surface area contributed by atoms with Gasteiger partial charge in [-0.3, -0.25) is 11.3 Å². The number of rotatable bonds is 5. The predicted molar refractivity (Wildman–Crippen MR) is 70.1 cm³/mol. The fourth-order valence-electron chi connectivity index (χ4n) is 1.99. The highest BCUT2D eigenvalue weighted by Crippen LogP contribution is 2.25. The van der Waals surface area contributed by atoms with Crippen molar-refractivity contribution in [3.05, 3.63) is 34.9 Å². The quantitative estimate of drug-likeness (QED) is 0.590. The van der Waals surface area contributed by atoms with Crippen LogP contribution in [0.4, 0.5) is 0 Å². The molecule has 0 aromatic heterocycles. The molecule has 1 rings (SSSR count). The van der Waals surface area contributed by atoms with Crippen LogP contribution in [-0.4, -0.2) is 0 Å². The Morgan fingerprint density at radius 1 is 1.31 bits per heavy atom. The minimum Gasteiger partial charge on any atom is -0.271 e. The number of benzene rings is 1. The molecule has 2 nitrogen and oxygen atoms in total. The van der Waals surface area contributed by atoms with Crippen molar-refractivity contribution in [2.24, 2.45) is 11.8 Å². The molecule has 0 bridgehead atoms. The molecule has 1 aromatic rings. The summed E-state index contributed by atoms with van der Waals surface area (Å²) in [5, 5.41) is 0. The fraction of sp³-hybridized carbons (Fsp3) is 0.571. The van der Waals surface area contributed by atoms with Gasteiger partial charge in [-0.2, -0.15) is 0 Å². The third kappa shape index (κ3) is 3.32. The SMILES string of the molecule is CCC(C)CC(NN)c1cc(C)ccc1C. The molecule has 0 radical (unpaired) electrons. The highest BCUT2D eigenvalue weighted by atomic mass is 15.2. The zero-order valence-electron chi connectivity index (χ0n) is 10.9. The van der Waals surface area contributed by atoms with E-state index in [-0.39, 0.29) is 6.04 Å². The predicted octanol–water partition coefficient (Wildman–Crippen LogP) is 3.24. The van der Waals surface area contributed by atoms with Crippen molar-refractivity contribution in [1.82, 2.24) is 5.43 Å². The van der Waals surface area contributed by atoms with E-state index in [1.807, 2.05) is 0 Å². The first-order valence-corrected chi connectivity index (χ1v) is 6.11. The van der Waals surface area contributed by atoms with Crippen LogP contribution in [0.2, 0.25) is 0 Å². The Bertz CT molecular complexity index is 334. The summed E-state index contributed by atoms with van der Waals surface area (Å²) in [6.45, 7) is 8.77. The molecule has 0 saturated carbocycles. The van der Waals surface area contributed by atoms with Gasteiger partial charge in [-0.1, -0.05) is 44.0 Å². The van der Waals surface area contributed by atoms with Crippen LogP contribution in [-0.2, 0) is 0 Å². The number of nitrogens with two attached hydrogens (primary N) is 1. The van der Waals surface area contributed by atoms with E-state index in [1.165, 1.54) is 23.1 Å². The van der Waals surface area contributed by atoms with E-state index in [9.17, 15) is 0 Å². The Balaban J connectivity index is 2.89. The van der Waals surface area contributed by atoms with E-state index >= 15 is 0 Å². The molecule has 2 heteroatoms. The lowest BCUT2D eigenvalue weighted by molar-refractivity contribution is 0.406. The Labute approximate surface area is 99.2 Å². The van der Waals surface area contributed by atoms with Crippen LogP contribution in [0, 0.1) is 19.8 Å². The third-order valence-electron chi connectivity index (χ3n) is 3.35. The van der Waals surface area contributed by atoms with Gasteiger partial charge >= 0.3 is 0 Å². The van der Waals surface area contributed by atoms with Gasteiger partial charge in [0.05, 0.1) is 0 Å². The molecule has 0 heterocycles. The van der Waals surface area contributed by atoms with Gasteiger partial charge < -0.3 is 0 Å². The van der Waals surface area contributed by atoms with E-state index in [0.717, 1.165) is 6.42 Å². The van der Waals surface area contributed by atoms with Crippen molar-refractivity contribution in [1.29, 1.82) is 0 Å². The number of hydrazine groups is 1. The van der Waals surface area contributed by atoms with Gasteiger partial charge in [-0.05, 0) is 37.3 Å². The summed E-state index contributed by atoms with van der Waals surface area (Å²) in [6, 6.07) is 6.83. The summed E-state index contributed by atoms with van der Waals surface area (Å²) in [7, 11) is 0. The molecule has 0 aliphatic carbocycles. The van der Waals surface area contributed by atoms with Gasteiger partial charge in [0.25, 0.3) is 0 Å². The van der Waals surface area contributed by atoms with Crippen LogP contribution in [0.25, 0.3) is 0 Å². The van der Waals surface area contributed by atoms with Crippen LogP contribution in [0.5, 0.6) is 0 Å². The lowest BCUT2D eigenvalue weighted by Crippen LogP contribution is -2.29. The number of hydrogen-bond acceptors (Lipinski definition) is 2. The first-order valence-electron chi connectivity index (χ1n) is 6.11. The molecule has 3 N–H and O–H groups in total. The van der Waals surface area contributed by atoms with Crippen LogP contribution in [0.3, 0.4) is 0 Å². The standard InChI is InChI=1S/C14H24N2/c1-5-10(2)9-14(16-15)13-8-11(3)6-7-12(13)4/h6-8,10,14,16H,5,9,15H2,1-4H3. The van der Waals surface area contributed by atoms with Crippen molar-refractivity contribution >= 4 is 0 Å². The summed E-state index contributed by atoms with van der Waals surface area (Å²) >= 11 is 0. The second-order valence-corrected chi connectivity index (χ2v) is 4.83. The average Bonchev–Trinajstić information content (AvgIpc) is 2.29. The molecule has 0 aliphatic rings. The summed E-state index contributed by atoms with van der Waals surface area (Å²) in [5.41, 5.74) is 6.90. The molecule has 0 amide bonds. The second-order valence-electron chi connectivity index (χ2n) is 4.83. The van der Waals surface area contributed by atoms with E-state index in [4.69, 9.17) is 5.84 Å². The van der Waals surface area contributed by atoms with Crippen LogP contribution < -0.4 is 11.3 Å². The first-order chi connectivity index (χ1) is 7.58. The van der Waals surface area contributed by atoms with Crippen LogP contribution in [0.1, 0.15) is 49.4 Å². The second kappa shape index (κ2) is 6.02. The first kappa shape index (κ1) is 13.2. The topological polar surface area (TPSA) is 38.0 Å². The minimum absolute atomic E-state index is 0.273. The van der Waals surface area contributed by atoms with Gasteiger partial charge in [-0.25, -0.2) is 0 Å². The maximum Gasteiger partial charge on any atom is 0.0465 e. The minimum atomic E-state index is 0.273. The van der Waals surface area contributed by atoms with E-state index in [1.54, 1.807) is 0 Å². The maximum absolute atomic E-state index is 5.68. The van der Waals surface area contributed by atoms with E-state index < -0.39 is 0 Å². The third-order valence-corrected chi connectivity index (χ3v) is 3.35. The molecule has 0 aliphatic heterocycles. The normalized spacial score (nSPS) is 14.8. The molecular formula is C14H24N2. The fourth-order valence-corrected chi connectivity index (χ4v) is 1.99. The number of aryl methyl sites for hydroxylation is 2. The highest BCUT2D eigenvalue weighted by molar-refractivity contribution is 5.32. The molecule has 2 atom stereocenters. The van der Waals surface area contributed by atoms with Crippen molar-refractivity contribution in [2.75, 3.05) is 0 Å². The van der Waals surface area contributed by atoms with Crippen molar-refractivity contribution in [3.63, 3.8) is 0 Å². The summed E-state index contributed by atoms with van der Waals surface area (Å²) in [4.78, 5) is 0. The van der Waals surface area contributed by atoms with Gasteiger partial charge in [0.15, 0.2) is 0 Å². The van der Waals surface area contributed by atoms with Crippen LogP contribution in [0.15, 0.2) is 18.2 Å². The molecule has 1 aromatic carbocycles. The number of nitrogens with one attached hydrogen (secondary N) is 1. The van der Waals surface area contributed by atoms with Gasteiger partial charge in [0, 0.05) is 6.04 Å². The van der Waals surface area contributed by atoms with Crippen molar-refractivity contribution < 1.29 is 0 Å². The van der Waals surface area contributed by atoms with E-state index in [0.29, 0.717) is 5.92 Å². The summed E-state index contributed by atoms with van der Waals surface area (Å²) in [6.07, 6.45) is 2.29. The van der Waals surface area contributed by atoms with E-state index in [2.05, 4.69) is 51.3 Å². The summed E-state index contributed by atoms with van der Waals surface area (Å²) in [5.74, 6) is 6.37. The Morgan fingerprint density at radius 2 is 2.00 bits per heavy atom. The largest absolute Gasteiger partial charge is 0.271 e. The van der Waals surface area contributed by atoms with Gasteiger partial charge in [0.2, 0.25) is 0 Å². The highest BCUT2D eigenvalue weighted by Gasteiger charge is 2.14. The zero-order valence-corrected chi connectivity index (χ0v) is 10.9. The Hall–Kier alpha value is -0.860. The van der Waals surface area contributed by atoms with Crippen LogP contribution >= 0.6 is 0 Å². The monoisotopic (exact) mass is 220 g/mol. The molecule has 0 spiro atoms. The molecular weight excluding hydrogens is 196 g/mol. The van der Waals surface area contributed by atoms with Crippen molar-refractivity contribution in [2.45, 2.75) is 46.6 Å². The molecule has 0 fully saturated rings. The van der Waals surface area contributed by atoms with Gasteiger partial charge in [-0.15, -0.1) is 0 Å². The average molecular weight is 220 g/mol.